The molecule has 7 nitrogen and oxygen atoms in total. The number of nitrogens with zero attached hydrogens (tertiary/aromatic N) is 4. The second kappa shape index (κ2) is 6.54. The SMILES string of the molecule is Cc1cc(-c2n[nH]c3cc4c(cc23)CN([C@@H]2CN(C3CC3)C[C@H]2C)C(=O)N4)ccn1. The van der Waals surface area contributed by atoms with Crippen LogP contribution in [0.25, 0.3) is 22.2 Å². The van der Waals surface area contributed by atoms with Gasteiger partial charge in [-0.15, -0.1) is 0 Å². The summed E-state index contributed by atoms with van der Waals surface area (Å²) in [7, 11) is 0. The van der Waals surface area contributed by atoms with Gasteiger partial charge >= 0.3 is 6.03 Å². The van der Waals surface area contributed by atoms with Crippen LogP contribution in [0.15, 0.2) is 30.5 Å². The molecular formula is C23H26N6O. The van der Waals surface area contributed by atoms with Gasteiger partial charge in [-0.05, 0) is 55.5 Å². The molecular weight excluding hydrogens is 376 g/mol. The molecule has 1 aromatic carbocycles. The Morgan fingerprint density at radius 1 is 1.17 bits per heavy atom. The number of benzene rings is 1. The quantitative estimate of drug-likeness (QED) is 0.699. The maximum atomic E-state index is 12.9. The number of aromatic nitrogens is 3. The number of carbonyl (C=O) groups is 1. The van der Waals surface area contributed by atoms with E-state index in [1.54, 1.807) is 0 Å². The number of aryl methyl sites for hydroxylation is 1. The van der Waals surface area contributed by atoms with Crippen LogP contribution in [0.2, 0.25) is 0 Å². The standard InChI is InChI=1S/C23H26N6O/c1-13-10-28(17-3-4-17)12-21(13)29-11-16-8-18-20(9-19(16)25-23(29)30)26-27-22(18)15-5-6-24-14(2)7-15/h5-9,13,17,21H,3-4,10-12H2,1-2H3,(H,25,30)(H,26,27)/t13-,21-/m1/s1. The lowest BCUT2D eigenvalue weighted by atomic mass is 10.00. The Hall–Kier alpha value is -2.93. The number of nitrogens with one attached hydrogen (secondary N) is 2. The van der Waals surface area contributed by atoms with Gasteiger partial charge < -0.3 is 10.2 Å². The number of fused-ring (bicyclic) bond motifs is 2. The average molecular weight is 403 g/mol. The fraction of sp³-hybridized carbons (Fsp3) is 0.435. The summed E-state index contributed by atoms with van der Waals surface area (Å²) in [5.74, 6) is 0.492. The van der Waals surface area contributed by atoms with E-state index in [0.717, 1.165) is 58.2 Å². The minimum atomic E-state index is 0.0147. The van der Waals surface area contributed by atoms with Gasteiger partial charge in [-0.3, -0.25) is 15.0 Å². The molecule has 2 aromatic heterocycles. The largest absolute Gasteiger partial charge is 0.322 e. The molecule has 1 saturated heterocycles. The van der Waals surface area contributed by atoms with E-state index in [-0.39, 0.29) is 12.1 Å². The molecule has 2 amide bonds. The van der Waals surface area contributed by atoms with Gasteiger partial charge in [0.05, 0.1) is 11.6 Å². The molecule has 0 bridgehead atoms. The van der Waals surface area contributed by atoms with Crippen LogP contribution in [0.3, 0.4) is 0 Å². The molecule has 0 spiro atoms. The van der Waals surface area contributed by atoms with Crippen LogP contribution in [-0.2, 0) is 6.54 Å². The van der Waals surface area contributed by atoms with Crippen LogP contribution >= 0.6 is 0 Å². The number of rotatable bonds is 3. The predicted molar refractivity (Wildman–Crippen MR) is 116 cm³/mol. The van der Waals surface area contributed by atoms with Gasteiger partial charge in [0, 0.05) is 54.2 Å². The Kier molecular flexibility index (Phi) is 3.90. The van der Waals surface area contributed by atoms with E-state index in [1.165, 1.54) is 12.8 Å². The Balaban J connectivity index is 1.35. The fourth-order valence-electron chi connectivity index (χ4n) is 5.11. The number of urea groups is 1. The number of hydrogen-bond acceptors (Lipinski definition) is 4. The van der Waals surface area contributed by atoms with Crippen molar-refractivity contribution >= 4 is 22.6 Å². The Bertz CT molecular complexity index is 1150. The highest BCUT2D eigenvalue weighted by atomic mass is 16.2. The first kappa shape index (κ1) is 17.9. The van der Waals surface area contributed by atoms with E-state index in [4.69, 9.17) is 0 Å². The first-order valence-electron chi connectivity index (χ1n) is 10.8. The lowest BCUT2D eigenvalue weighted by Crippen LogP contribution is -2.48. The summed E-state index contributed by atoms with van der Waals surface area (Å²) in [6, 6.07) is 9.26. The molecule has 1 saturated carbocycles. The molecule has 154 valence electrons. The van der Waals surface area contributed by atoms with Crippen molar-refractivity contribution in [2.45, 2.75) is 45.3 Å². The van der Waals surface area contributed by atoms with Crippen molar-refractivity contribution in [3.63, 3.8) is 0 Å². The van der Waals surface area contributed by atoms with Crippen molar-refractivity contribution in [1.82, 2.24) is 25.0 Å². The van der Waals surface area contributed by atoms with E-state index in [2.05, 4.69) is 44.5 Å². The summed E-state index contributed by atoms with van der Waals surface area (Å²) in [6.45, 7) is 6.99. The van der Waals surface area contributed by atoms with Crippen molar-refractivity contribution in [1.29, 1.82) is 0 Å². The molecule has 2 N–H and O–H groups in total. The maximum absolute atomic E-state index is 12.9. The molecule has 7 heteroatoms. The number of hydrogen-bond donors (Lipinski definition) is 2. The molecule has 1 aliphatic carbocycles. The third kappa shape index (κ3) is 2.88. The second-order valence-electron chi connectivity index (χ2n) is 9.10. The number of carbonyl (C=O) groups excluding carboxylic acids is 1. The van der Waals surface area contributed by atoms with Gasteiger partial charge in [-0.1, -0.05) is 6.92 Å². The van der Waals surface area contributed by atoms with Gasteiger partial charge in [0.1, 0.15) is 5.69 Å². The number of likely N-dealkylation sites (tertiary alicyclic amines) is 1. The molecule has 2 fully saturated rings. The van der Waals surface area contributed by atoms with Crippen LogP contribution in [0.4, 0.5) is 10.5 Å². The third-order valence-corrected chi connectivity index (χ3v) is 6.86. The monoisotopic (exact) mass is 402 g/mol. The lowest BCUT2D eigenvalue weighted by Gasteiger charge is -2.35. The number of H-pyrrole nitrogens is 1. The topological polar surface area (TPSA) is 77.2 Å². The van der Waals surface area contributed by atoms with Crippen molar-refractivity contribution in [3.05, 3.63) is 41.7 Å². The highest BCUT2D eigenvalue weighted by molar-refractivity contribution is 6.00. The fourth-order valence-corrected chi connectivity index (χ4v) is 5.11. The van der Waals surface area contributed by atoms with E-state index >= 15 is 0 Å². The van der Waals surface area contributed by atoms with E-state index in [0.29, 0.717) is 12.5 Å². The Morgan fingerprint density at radius 3 is 2.83 bits per heavy atom. The number of aromatic amines is 1. The maximum Gasteiger partial charge on any atom is 0.322 e. The molecule has 4 heterocycles. The molecule has 0 radical (unpaired) electrons. The zero-order chi connectivity index (χ0) is 20.4. The lowest BCUT2D eigenvalue weighted by molar-refractivity contribution is 0.168. The highest BCUT2D eigenvalue weighted by Crippen LogP contribution is 2.37. The molecule has 2 aliphatic heterocycles. The first-order valence-corrected chi connectivity index (χ1v) is 10.8. The van der Waals surface area contributed by atoms with Crippen LogP contribution in [0.1, 0.15) is 31.0 Å². The highest BCUT2D eigenvalue weighted by Gasteiger charge is 2.42. The van der Waals surface area contributed by atoms with Crippen LogP contribution < -0.4 is 5.32 Å². The summed E-state index contributed by atoms with van der Waals surface area (Å²) >= 11 is 0. The zero-order valence-electron chi connectivity index (χ0n) is 17.4. The minimum Gasteiger partial charge on any atom is -0.316 e. The van der Waals surface area contributed by atoms with E-state index in [1.807, 2.05) is 30.2 Å². The number of anilines is 1. The summed E-state index contributed by atoms with van der Waals surface area (Å²) in [4.78, 5) is 21.9. The zero-order valence-corrected chi connectivity index (χ0v) is 17.4. The summed E-state index contributed by atoms with van der Waals surface area (Å²) in [5, 5.41) is 11.9. The molecule has 30 heavy (non-hydrogen) atoms. The molecule has 0 unspecified atom stereocenters. The third-order valence-electron chi connectivity index (χ3n) is 6.86. The van der Waals surface area contributed by atoms with E-state index in [9.17, 15) is 4.79 Å². The van der Waals surface area contributed by atoms with Gasteiger partial charge in [0.2, 0.25) is 0 Å². The van der Waals surface area contributed by atoms with Gasteiger partial charge in [0.15, 0.2) is 0 Å². The number of pyridine rings is 1. The van der Waals surface area contributed by atoms with Gasteiger partial charge in [0.25, 0.3) is 0 Å². The van der Waals surface area contributed by atoms with Crippen LogP contribution in [-0.4, -0.2) is 56.2 Å². The number of amides is 2. The van der Waals surface area contributed by atoms with Crippen LogP contribution in [0.5, 0.6) is 0 Å². The Morgan fingerprint density at radius 2 is 2.03 bits per heavy atom. The van der Waals surface area contributed by atoms with Crippen molar-refractivity contribution < 1.29 is 4.79 Å². The molecule has 2 atom stereocenters. The average Bonchev–Trinajstić information content (AvgIpc) is 3.39. The van der Waals surface area contributed by atoms with Crippen molar-refractivity contribution in [3.8, 4) is 11.3 Å². The van der Waals surface area contributed by atoms with Crippen LogP contribution in [0, 0.1) is 12.8 Å². The molecule has 3 aromatic rings. The predicted octanol–water partition coefficient (Wildman–Crippen LogP) is 3.76. The second-order valence-corrected chi connectivity index (χ2v) is 9.10. The Labute approximate surface area is 175 Å². The summed E-state index contributed by atoms with van der Waals surface area (Å²) < 4.78 is 0. The molecule has 6 rings (SSSR count). The summed E-state index contributed by atoms with van der Waals surface area (Å²) in [5.41, 5.74) is 5.91. The minimum absolute atomic E-state index is 0.0147. The van der Waals surface area contributed by atoms with Crippen molar-refractivity contribution in [2.24, 2.45) is 5.92 Å². The first-order chi connectivity index (χ1) is 14.6. The van der Waals surface area contributed by atoms with Gasteiger partial charge in [-0.2, -0.15) is 5.10 Å². The molecule has 3 aliphatic rings. The van der Waals surface area contributed by atoms with Gasteiger partial charge in [-0.25, -0.2) is 4.79 Å². The smallest absolute Gasteiger partial charge is 0.316 e. The van der Waals surface area contributed by atoms with E-state index < -0.39 is 0 Å². The van der Waals surface area contributed by atoms with Crippen molar-refractivity contribution in [2.75, 3.05) is 18.4 Å². The normalized spacial score (nSPS) is 24.3. The summed E-state index contributed by atoms with van der Waals surface area (Å²) in [6.07, 6.45) is 4.44.